The molecule has 38 heavy (non-hydrogen) atoms. The van der Waals surface area contributed by atoms with Gasteiger partial charge in [0.2, 0.25) is 0 Å². The van der Waals surface area contributed by atoms with Gasteiger partial charge in [-0.3, -0.25) is 4.98 Å². The molecule has 6 nitrogen and oxygen atoms in total. The molecular formula is C30H47ClN2O4Si. The minimum absolute atomic E-state index is 0.0449. The Bertz CT molecular complexity index is 1120. The molecule has 0 radical (unpaired) electrons. The van der Waals surface area contributed by atoms with Gasteiger partial charge in [-0.15, -0.1) is 0 Å². The summed E-state index contributed by atoms with van der Waals surface area (Å²) in [6.45, 7) is 18.4. The van der Waals surface area contributed by atoms with Crippen LogP contribution in [0.3, 0.4) is 0 Å². The summed E-state index contributed by atoms with van der Waals surface area (Å²) in [5, 5.41) is 1.94. The summed E-state index contributed by atoms with van der Waals surface area (Å²) in [6, 6.07) is 5.94. The summed E-state index contributed by atoms with van der Waals surface area (Å²) in [5.41, 5.74) is 1.20. The average molecular weight is 563 g/mol. The number of halogens is 1. The van der Waals surface area contributed by atoms with Crippen LogP contribution < -0.4 is 4.74 Å². The van der Waals surface area contributed by atoms with Crippen molar-refractivity contribution in [1.82, 2.24) is 9.88 Å². The monoisotopic (exact) mass is 562 g/mol. The van der Waals surface area contributed by atoms with E-state index in [-0.39, 0.29) is 22.1 Å². The number of carbonyl (C=O) groups excluding carboxylic acids is 1. The number of pyridine rings is 1. The Kier molecular flexibility index (Phi) is 9.48. The van der Waals surface area contributed by atoms with Gasteiger partial charge in [-0.05, 0) is 95.5 Å². The summed E-state index contributed by atoms with van der Waals surface area (Å²) in [6.07, 6.45) is 6.10. The molecule has 0 aliphatic carbocycles. The number of aromatic nitrogens is 1. The Hall–Kier alpha value is -1.83. The topological polar surface area (TPSA) is 60.9 Å². The van der Waals surface area contributed by atoms with Crippen LogP contribution in [0.25, 0.3) is 10.9 Å². The first-order valence-electron chi connectivity index (χ1n) is 13.8. The summed E-state index contributed by atoms with van der Waals surface area (Å²) >= 11 is 6.67. The summed E-state index contributed by atoms with van der Waals surface area (Å²) in [7, 11) is 0.923. The molecule has 0 N–H and O–H groups in total. The molecule has 1 aromatic carbocycles. The maximum atomic E-state index is 12.8. The fraction of sp³-hybridized carbons (Fsp3) is 0.667. The lowest BCUT2D eigenvalue weighted by atomic mass is 9.64. The standard InChI is InChI=1S/C30H47ClN2O4Si/c1-27(2,3)36-26(34)33-17-15-30(16-18-33,29(7,8)37-38-28(4,5)6)14-10-11-22-23-19-21(35-9)12-13-25(23)32-20-24(22)31/h12-13,19-20H,10-11,14-18,38H2,1-9H3. The Morgan fingerprint density at radius 1 is 1.11 bits per heavy atom. The molecule has 1 aromatic heterocycles. The van der Waals surface area contributed by atoms with E-state index in [1.807, 2.05) is 43.9 Å². The van der Waals surface area contributed by atoms with Crippen LogP contribution in [-0.2, 0) is 15.6 Å². The van der Waals surface area contributed by atoms with Crippen molar-refractivity contribution < 1.29 is 18.7 Å². The third-order valence-corrected chi connectivity index (χ3v) is 9.79. The highest BCUT2D eigenvalue weighted by atomic mass is 35.5. The van der Waals surface area contributed by atoms with Gasteiger partial charge >= 0.3 is 6.09 Å². The number of likely N-dealkylation sites (tertiary alicyclic amines) is 1. The molecule has 0 unspecified atom stereocenters. The molecular weight excluding hydrogens is 516 g/mol. The molecule has 1 fully saturated rings. The van der Waals surface area contributed by atoms with E-state index in [1.54, 1.807) is 13.3 Å². The number of aryl methyl sites for hydroxylation is 1. The Balaban J connectivity index is 1.81. The SMILES string of the molecule is COc1ccc2ncc(Cl)c(CCCC3(C(C)(C)O[SiH2]C(C)(C)C)CCN(C(=O)OC(C)(C)C)CC3)c2c1. The average Bonchev–Trinajstić information content (AvgIpc) is 2.82. The van der Waals surface area contributed by atoms with E-state index < -0.39 is 15.4 Å². The molecule has 212 valence electrons. The van der Waals surface area contributed by atoms with E-state index in [0.717, 1.165) is 54.3 Å². The number of piperidine rings is 1. The minimum Gasteiger partial charge on any atom is -0.497 e. The largest absolute Gasteiger partial charge is 0.497 e. The van der Waals surface area contributed by atoms with Crippen molar-refractivity contribution in [1.29, 1.82) is 0 Å². The fourth-order valence-corrected chi connectivity index (χ4v) is 6.68. The number of carbonyl (C=O) groups is 1. The van der Waals surface area contributed by atoms with E-state index in [0.29, 0.717) is 18.1 Å². The lowest BCUT2D eigenvalue weighted by Crippen LogP contribution is -2.54. The van der Waals surface area contributed by atoms with Crippen LogP contribution in [0.2, 0.25) is 10.1 Å². The molecule has 0 saturated carbocycles. The molecule has 0 spiro atoms. The molecule has 2 aromatic rings. The normalized spacial score (nSPS) is 16.8. The first kappa shape index (κ1) is 30.7. The van der Waals surface area contributed by atoms with Gasteiger partial charge in [0.25, 0.3) is 0 Å². The van der Waals surface area contributed by atoms with Crippen LogP contribution in [0, 0.1) is 5.41 Å². The van der Waals surface area contributed by atoms with E-state index >= 15 is 0 Å². The van der Waals surface area contributed by atoms with Crippen molar-refractivity contribution >= 4 is 38.4 Å². The zero-order chi connectivity index (χ0) is 28.4. The highest BCUT2D eigenvalue weighted by Crippen LogP contribution is 2.48. The van der Waals surface area contributed by atoms with Crippen LogP contribution in [0.15, 0.2) is 24.4 Å². The first-order valence-corrected chi connectivity index (χ1v) is 15.5. The Labute approximate surface area is 236 Å². The van der Waals surface area contributed by atoms with Gasteiger partial charge in [0.15, 0.2) is 9.76 Å². The predicted molar refractivity (Wildman–Crippen MR) is 159 cm³/mol. The van der Waals surface area contributed by atoms with E-state index in [2.05, 4.69) is 39.6 Å². The number of hydrogen-bond donors (Lipinski definition) is 0. The molecule has 1 saturated heterocycles. The summed E-state index contributed by atoms with van der Waals surface area (Å²) < 4.78 is 17.9. The van der Waals surface area contributed by atoms with Gasteiger partial charge in [-0.25, -0.2) is 4.79 Å². The second kappa shape index (κ2) is 11.7. The van der Waals surface area contributed by atoms with Gasteiger partial charge in [-0.2, -0.15) is 0 Å². The van der Waals surface area contributed by atoms with Crippen molar-refractivity contribution in [3.05, 3.63) is 35.0 Å². The Morgan fingerprint density at radius 3 is 2.34 bits per heavy atom. The highest BCUT2D eigenvalue weighted by Gasteiger charge is 2.48. The number of amides is 1. The van der Waals surface area contributed by atoms with Gasteiger partial charge in [0.1, 0.15) is 11.4 Å². The lowest BCUT2D eigenvalue weighted by molar-refractivity contribution is -0.0789. The maximum Gasteiger partial charge on any atom is 0.410 e. The number of nitrogens with zero attached hydrogens (tertiary/aromatic N) is 2. The number of benzene rings is 1. The minimum atomic E-state index is -0.752. The number of fused-ring (bicyclic) bond motifs is 1. The van der Waals surface area contributed by atoms with E-state index in [4.69, 9.17) is 25.5 Å². The zero-order valence-electron chi connectivity index (χ0n) is 24.9. The number of rotatable bonds is 8. The molecule has 8 heteroatoms. The molecule has 1 aliphatic heterocycles. The molecule has 0 atom stereocenters. The summed E-state index contributed by atoms with van der Waals surface area (Å²) in [5.74, 6) is 0.801. The van der Waals surface area contributed by atoms with E-state index in [9.17, 15) is 4.79 Å². The number of ether oxygens (including phenoxy) is 2. The maximum absolute atomic E-state index is 12.8. The van der Waals surface area contributed by atoms with Crippen LogP contribution >= 0.6 is 11.6 Å². The molecule has 3 rings (SSSR count). The van der Waals surface area contributed by atoms with Gasteiger partial charge in [0.05, 0.1) is 23.3 Å². The van der Waals surface area contributed by atoms with Crippen molar-refractivity contribution in [2.75, 3.05) is 20.2 Å². The molecule has 1 amide bonds. The molecule has 2 heterocycles. The zero-order valence-corrected chi connectivity index (χ0v) is 27.0. The van der Waals surface area contributed by atoms with Crippen LogP contribution in [0.1, 0.15) is 86.6 Å². The summed E-state index contributed by atoms with van der Waals surface area (Å²) in [4.78, 5) is 19.2. The number of hydrogen-bond acceptors (Lipinski definition) is 5. The quantitative estimate of drug-likeness (QED) is 0.315. The van der Waals surface area contributed by atoms with Crippen LogP contribution in [0.4, 0.5) is 4.79 Å². The fourth-order valence-electron chi connectivity index (χ4n) is 5.33. The Morgan fingerprint density at radius 2 is 1.76 bits per heavy atom. The predicted octanol–water partition coefficient (Wildman–Crippen LogP) is 7.33. The van der Waals surface area contributed by atoms with Crippen molar-refractivity contribution in [2.45, 2.75) is 104 Å². The third-order valence-electron chi connectivity index (χ3n) is 7.73. The van der Waals surface area contributed by atoms with Gasteiger partial charge in [-0.1, -0.05) is 32.4 Å². The van der Waals surface area contributed by atoms with E-state index in [1.165, 1.54) is 0 Å². The van der Waals surface area contributed by atoms with Crippen molar-refractivity contribution in [3.8, 4) is 5.75 Å². The first-order chi connectivity index (χ1) is 17.6. The second-order valence-electron chi connectivity index (χ2n) is 13.4. The third kappa shape index (κ3) is 7.63. The van der Waals surface area contributed by atoms with Crippen molar-refractivity contribution in [3.63, 3.8) is 0 Å². The van der Waals surface area contributed by atoms with Crippen molar-refractivity contribution in [2.24, 2.45) is 5.41 Å². The molecule has 1 aliphatic rings. The van der Waals surface area contributed by atoms with Crippen LogP contribution in [0.5, 0.6) is 5.75 Å². The second-order valence-corrected chi connectivity index (χ2v) is 16.5. The van der Waals surface area contributed by atoms with Crippen LogP contribution in [-0.4, -0.2) is 57.1 Å². The van der Waals surface area contributed by atoms with Gasteiger partial charge in [0, 0.05) is 30.1 Å². The smallest absolute Gasteiger partial charge is 0.410 e. The van der Waals surface area contributed by atoms with Gasteiger partial charge < -0.3 is 18.8 Å². The number of methoxy groups -OCH3 is 1. The highest BCUT2D eigenvalue weighted by molar-refractivity contribution is 6.32. The lowest BCUT2D eigenvalue weighted by Gasteiger charge is -2.52. The molecule has 0 bridgehead atoms.